The maximum absolute atomic E-state index is 10.6. The number of carboxylic acids is 1. The van der Waals surface area contributed by atoms with E-state index in [0.717, 1.165) is 16.9 Å². The molecule has 0 unspecified atom stereocenters. The Morgan fingerprint density at radius 3 is 2.78 bits per heavy atom. The van der Waals surface area contributed by atoms with Crippen LogP contribution in [0.25, 0.3) is 11.0 Å². The summed E-state index contributed by atoms with van der Waals surface area (Å²) in [5.41, 5.74) is 3.28. The van der Waals surface area contributed by atoms with Gasteiger partial charge < -0.3 is 9.67 Å². The van der Waals surface area contributed by atoms with E-state index < -0.39 is 5.97 Å². The lowest BCUT2D eigenvalue weighted by Gasteiger charge is -2.05. The minimum atomic E-state index is -0.786. The maximum atomic E-state index is 10.6. The normalized spacial score (nSPS) is 11.3. The van der Waals surface area contributed by atoms with Gasteiger partial charge in [-0.15, -0.1) is 0 Å². The SMILES string of the molecule is CC(C)c1cccc2c1nc(CCC(=O)O)n2C. The van der Waals surface area contributed by atoms with Crippen molar-refractivity contribution in [3.63, 3.8) is 0 Å². The molecule has 4 heteroatoms. The molecule has 0 saturated heterocycles. The number of aromatic nitrogens is 2. The van der Waals surface area contributed by atoms with Crippen molar-refractivity contribution in [3.05, 3.63) is 29.6 Å². The van der Waals surface area contributed by atoms with Crippen LogP contribution in [-0.2, 0) is 18.3 Å². The molecule has 0 aliphatic heterocycles. The number of nitrogens with zero attached hydrogens (tertiary/aromatic N) is 2. The lowest BCUT2D eigenvalue weighted by Crippen LogP contribution is -2.03. The van der Waals surface area contributed by atoms with Gasteiger partial charge in [-0.25, -0.2) is 4.98 Å². The van der Waals surface area contributed by atoms with Gasteiger partial charge in [0, 0.05) is 13.5 Å². The summed E-state index contributed by atoms with van der Waals surface area (Å²) in [5.74, 6) is 0.461. The minimum absolute atomic E-state index is 0.119. The predicted molar refractivity (Wildman–Crippen MR) is 70.8 cm³/mol. The molecule has 96 valence electrons. The Morgan fingerprint density at radius 2 is 2.17 bits per heavy atom. The van der Waals surface area contributed by atoms with Crippen molar-refractivity contribution in [2.45, 2.75) is 32.6 Å². The number of para-hydroxylation sites is 1. The van der Waals surface area contributed by atoms with Crippen molar-refractivity contribution in [2.24, 2.45) is 7.05 Å². The zero-order valence-electron chi connectivity index (χ0n) is 11.0. The lowest BCUT2D eigenvalue weighted by molar-refractivity contribution is -0.137. The first-order chi connectivity index (χ1) is 8.50. The highest BCUT2D eigenvalue weighted by molar-refractivity contribution is 5.80. The average Bonchev–Trinajstić information content (AvgIpc) is 2.63. The maximum Gasteiger partial charge on any atom is 0.303 e. The van der Waals surface area contributed by atoms with Gasteiger partial charge in [0.1, 0.15) is 5.82 Å². The molecule has 0 fully saturated rings. The van der Waals surface area contributed by atoms with Gasteiger partial charge in [-0.3, -0.25) is 4.79 Å². The summed E-state index contributed by atoms with van der Waals surface area (Å²) >= 11 is 0. The van der Waals surface area contributed by atoms with E-state index in [1.54, 1.807) is 0 Å². The Morgan fingerprint density at radius 1 is 1.44 bits per heavy atom. The third kappa shape index (κ3) is 2.23. The van der Waals surface area contributed by atoms with Crippen molar-refractivity contribution >= 4 is 17.0 Å². The largest absolute Gasteiger partial charge is 0.481 e. The fraction of sp³-hybridized carbons (Fsp3) is 0.429. The number of hydrogen-bond acceptors (Lipinski definition) is 2. The standard InChI is InChI=1S/C14H18N2O2/c1-9(2)10-5-4-6-11-14(10)15-12(16(11)3)7-8-13(17)18/h4-6,9H,7-8H2,1-3H3,(H,17,18). The third-order valence-corrected chi connectivity index (χ3v) is 3.22. The Kier molecular flexibility index (Phi) is 3.36. The molecule has 0 radical (unpaired) electrons. The molecule has 1 aromatic carbocycles. The zero-order valence-corrected chi connectivity index (χ0v) is 11.0. The molecule has 0 bridgehead atoms. The van der Waals surface area contributed by atoms with Crippen LogP contribution >= 0.6 is 0 Å². The molecule has 4 nitrogen and oxygen atoms in total. The van der Waals surface area contributed by atoms with E-state index in [1.165, 1.54) is 5.56 Å². The van der Waals surface area contributed by atoms with Gasteiger partial charge in [-0.1, -0.05) is 26.0 Å². The number of carboxylic acid groups (broad SMARTS) is 1. The van der Waals surface area contributed by atoms with E-state index in [4.69, 9.17) is 5.11 Å². The molecule has 18 heavy (non-hydrogen) atoms. The molecule has 2 rings (SSSR count). The van der Waals surface area contributed by atoms with Gasteiger partial charge in [0.25, 0.3) is 0 Å². The molecule has 0 atom stereocenters. The first kappa shape index (κ1) is 12.6. The number of aryl methyl sites for hydroxylation is 2. The highest BCUT2D eigenvalue weighted by Gasteiger charge is 2.13. The fourth-order valence-electron chi connectivity index (χ4n) is 2.19. The number of benzene rings is 1. The summed E-state index contributed by atoms with van der Waals surface area (Å²) < 4.78 is 1.99. The van der Waals surface area contributed by atoms with Crippen LogP contribution in [-0.4, -0.2) is 20.6 Å². The number of rotatable bonds is 4. The Bertz CT molecular complexity index is 585. The van der Waals surface area contributed by atoms with E-state index in [9.17, 15) is 4.79 Å². The van der Waals surface area contributed by atoms with E-state index in [1.807, 2.05) is 23.7 Å². The molecule has 2 aromatic rings. The molecule has 0 amide bonds. The molecule has 1 N–H and O–H groups in total. The van der Waals surface area contributed by atoms with E-state index in [2.05, 4.69) is 24.9 Å². The van der Waals surface area contributed by atoms with Crippen molar-refractivity contribution < 1.29 is 9.90 Å². The first-order valence-electron chi connectivity index (χ1n) is 6.16. The van der Waals surface area contributed by atoms with Crippen molar-refractivity contribution in [3.8, 4) is 0 Å². The second-order valence-electron chi connectivity index (χ2n) is 4.85. The second-order valence-corrected chi connectivity index (χ2v) is 4.85. The van der Waals surface area contributed by atoms with E-state index in [-0.39, 0.29) is 6.42 Å². The number of aliphatic carboxylic acids is 1. The molecule has 1 heterocycles. The Balaban J connectivity index is 2.48. The molecule has 0 spiro atoms. The fourth-order valence-corrected chi connectivity index (χ4v) is 2.19. The predicted octanol–water partition coefficient (Wildman–Crippen LogP) is 2.71. The van der Waals surface area contributed by atoms with Gasteiger partial charge >= 0.3 is 5.97 Å². The molecule has 0 saturated carbocycles. The summed E-state index contributed by atoms with van der Waals surface area (Å²) in [5, 5.41) is 8.75. The highest BCUT2D eigenvalue weighted by Crippen LogP contribution is 2.25. The summed E-state index contributed by atoms with van der Waals surface area (Å²) in [4.78, 5) is 15.2. The summed E-state index contributed by atoms with van der Waals surface area (Å²) in [7, 11) is 1.94. The molecular weight excluding hydrogens is 228 g/mol. The van der Waals surface area contributed by atoms with Crippen LogP contribution < -0.4 is 0 Å². The van der Waals surface area contributed by atoms with E-state index >= 15 is 0 Å². The van der Waals surface area contributed by atoms with Gasteiger partial charge in [0.05, 0.1) is 17.5 Å². The van der Waals surface area contributed by atoms with Crippen molar-refractivity contribution in [1.29, 1.82) is 0 Å². The summed E-state index contributed by atoms with van der Waals surface area (Å²) in [6.07, 6.45) is 0.590. The summed E-state index contributed by atoms with van der Waals surface area (Å²) in [6.45, 7) is 4.28. The van der Waals surface area contributed by atoms with Crippen molar-refractivity contribution in [2.75, 3.05) is 0 Å². The minimum Gasteiger partial charge on any atom is -0.481 e. The second kappa shape index (κ2) is 4.80. The third-order valence-electron chi connectivity index (χ3n) is 3.22. The monoisotopic (exact) mass is 246 g/mol. The van der Waals surface area contributed by atoms with Crippen LogP contribution in [0.4, 0.5) is 0 Å². The van der Waals surface area contributed by atoms with Crippen LogP contribution in [0.2, 0.25) is 0 Å². The van der Waals surface area contributed by atoms with Gasteiger partial charge in [0.2, 0.25) is 0 Å². The van der Waals surface area contributed by atoms with Crippen LogP contribution in [0.1, 0.15) is 37.6 Å². The van der Waals surface area contributed by atoms with Gasteiger partial charge in [-0.05, 0) is 17.5 Å². The van der Waals surface area contributed by atoms with Crippen LogP contribution in [0.5, 0.6) is 0 Å². The highest BCUT2D eigenvalue weighted by atomic mass is 16.4. The topological polar surface area (TPSA) is 55.1 Å². The van der Waals surface area contributed by atoms with Crippen LogP contribution in [0.15, 0.2) is 18.2 Å². The van der Waals surface area contributed by atoms with E-state index in [0.29, 0.717) is 12.3 Å². The van der Waals surface area contributed by atoms with Gasteiger partial charge in [-0.2, -0.15) is 0 Å². The molecule has 0 aliphatic carbocycles. The van der Waals surface area contributed by atoms with Gasteiger partial charge in [0.15, 0.2) is 0 Å². The Hall–Kier alpha value is -1.84. The first-order valence-corrected chi connectivity index (χ1v) is 6.16. The summed E-state index contributed by atoms with van der Waals surface area (Å²) in [6, 6.07) is 6.14. The Labute approximate surface area is 106 Å². The lowest BCUT2D eigenvalue weighted by atomic mass is 10.0. The molecule has 0 aliphatic rings. The van der Waals surface area contributed by atoms with Crippen LogP contribution in [0.3, 0.4) is 0 Å². The number of hydrogen-bond donors (Lipinski definition) is 1. The van der Waals surface area contributed by atoms with Crippen molar-refractivity contribution in [1.82, 2.24) is 9.55 Å². The number of carbonyl (C=O) groups is 1. The zero-order chi connectivity index (χ0) is 13.3. The molecule has 1 aromatic heterocycles. The quantitative estimate of drug-likeness (QED) is 0.902. The number of fused-ring (bicyclic) bond motifs is 1. The number of imidazole rings is 1. The average molecular weight is 246 g/mol. The molecular formula is C14H18N2O2. The smallest absolute Gasteiger partial charge is 0.303 e. The van der Waals surface area contributed by atoms with Crippen LogP contribution in [0, 0.1) is 0 Å².